The first-order chi connectivity index (χ1) is 17.2. The molecule has 1 heterocycles. The van der Waals surface area contributed by atoms with E-state index in [1.165, 1.54) is 28.8 Å². The van der Waals surface area contributed by atoms with Gasteiger partial charge in [0.1, 0.15) is 12.3 Å². The fourth-order valence-corrected chi connectivity index (χ4v) is 5.24. The summed E-state index contributed by atoms with van der Waals surface area (Å²) in [6.07, 6.45) is 0. The van der Waals surface area contributed by atoms with E-state index in [0.717, 1.165) is 4.31 Å². The van der Waals surface area contributed by atoms with Crippen LogP contribution in [0.2, 0.25) is 5.02 Å². The molecule has 11 heteroatoms. The first-order valence-electron chi connectivity index (χ1n) is 10.9. The second kappa shape index (κ2) is 10.4. The van der Waals surface area contributed by atoms with E-state index in [0.29, 0.717) is 22.5 Å². The Bertz CT molecular complexity index is 1550. The molecule has 9 nitrogen and oxygen atoms in total. The summed E-state index contributed by atoms with van der Waals surface area (Å²) in [7, 11) is -2.55. The first kappa shape index (κ1) is 25.2. The maximum absolute atomic E-state index is 13.6. The Morgan fingerprint density at radius 2 is 1.72 bits per heavy atom. The SMILES string of the molecule is CCOc1ccccc1N(CC(=O)N=Nc1c(O)n(C)c2ccccc12)S(=O)(=O)c1ccc(Cl)cc1. The van der Waals surface area contributed by atoms with Crippen molar-refractivity contribution in [1.82, 2.24) is 4.57 Å². The van der Waals surface area contributed by atoms with Gasteiger partial charge in [0.25, 0.3) is 15.9 Å². The number of amides is 1. The van der Waals surface area contributed by atoms with E-state index in [2.05, 4.69) is 10.2 Å². The number of anilines is 1. The molecule has 1 aromatic heterocycles. The van der Waals surface area contributed by atoms with Crippen LogP contribution in [-0.4, -0.2) is 37.2 Å². The minimum Gasteiger partial charge on any atom is -0.493 e. The van der Waals surface area contributed by atoms with Crippen LogP contribution in [0.25, 0.3) is 10.9 Å². The van der Waals surface area contributed by atoms with E-state index >= 15 is 0 Å². The number of aryl methyl sites for hydroxylation is 1. The molecular formula is C25H23ClN4O5S. The lowest BCUT2D eigenvalue weighted by molar-refractivity contribution is -0.116. The van der Waals surface area contributed by atoms with E-state index in [9.17, 15) is 18.3 Å². The van der Waals surface area contributed by atoms with Gasteiger partial charge in [-0.1, -0.05) is 41.9 Å². The number of sulfonamides is 1. The van der Waals surface area contributed by atoms with E-state index in [-0.39, 0.29) is 27.9 Å². The van der Waals surface area contributed by atoms with Crippen LogP contribution in [0.4, 0.5) is 11.4 Å². The van der Waals surface area contributed by atoms with E-state index in [4.69, 9.17) is 16.3 Å². The zero-order chi connectivity index (χ0) is 25.9. The average Bonchev–Trinajstić information content (AvgIpc) is 3.11. The summed E-state index contributed by atoms with van der Waals surface area (Å²) >= 11 is 5.93. The molecule has 0 atom stereocenters. The molecule has 0 unspecified atom stereocenters. The highest BCUT2D eigenvalue weighted by molar-refractivity contribution is 7.92. The van der Waals surface area contributed by atoms with Gasteiger partial charge in [0.2, 0.25) is 5.88 Å². The van der Waals surface area contributed by atoms with Crippen molar-refractivity contribution in [1.29, 1.82) is 0 Å². The Morgan fingerprint density at radius 3 is 2.44 bits per heavy atom. The Kier molecular flexibility index (Phi) is 7.27. The lowest BCUT2D eigenvalue weighted by Crippen LogP contribution is -2.35. The topological polar surface area (TPSA) is 114 Å². The van der Waals surface area contributed by atoms with Crippen LogP contribution in [0.1, 0.15) is 6.92 Å². The van der Waals surface area contributed by atoms with Gasteiger partial charge in [0.05, 0.1) is 22.7 Å². The first-order valence-corrected chi connectivity index (χ1v) is 12.8. The minimum atomic E-state index is -4.21. The van der Waals surface area contributed by atoms with Gasteiger partial charge in [-0.05, 0) is 49.4 Å². The van der Waals surface area contributed by atoms with Crippen molar-refractivity contribution in [3.63, 3.8) is 0 Å². The summed E-state index contributed by atoms with van der Waals surface area (Å²) in [6.45, 7) is 1.41. The maximum Gasteiger partial charge on any atom is 0.285 e. The third kappa shape index (κ3) is 4.91. The van der Waals surface area contributed by atoms with Gasteiger partial charge in [-0.15, -0.1) is 10.2 Å². The quantitative estimate of drug-likeness (QED) is 0.307. The number of aromatic nitrogens is 1. The van der Waals surface area contributed by atoms with Crippen LogP contribution in [0.5, 0.6) is 11.6 Å². The van der Waals surface area contributed by atoms with Gasteiger partial charge in [0, 0.05) is 17.5 Å². The standard InChI is InChI=1S/C25H23ClN4O5S/c1-3-35-22-11-7-6-10-21(22)30(36(33,34)18-14-12-17(26)13-15-18)16-23(31)27-28-24-19-8-4-5-9-20(19)29(2)25(24)32/h4-15,32H,3,16H2,1-2H3. The molecule has 0 spiro atoms. The number of para-hydroxylation sites is 3. The zero-order valence-electron chi connectivity index (χ0n) is 19.5. The third-order valence-corrected chi connectivity index (χ3v) is 7.45. The Balaban J connectivity index is 1.73. The predicted octanol–water partition coefficient (Wildman–Crippen LogP) is 5.44. The van der Waals surface area contributed by atoms with Crippen molar-refractivity contribution in [2.24, 2.45) is 17.3 Å². The summed E-state index contributed by atoms with van der Waals surface area (Å²) in [5.41, 5.74) is 0.989. The van der Waals surface area contributed by atoms with Crippen molar-refractivity contribution < 1.29 is 23.1 Å². The molecule has 0 fully saturated rings. The number of hydrogen-bond donors (Lipinski definition) is 1. The van der Waals surface area contributed by atoms with Crippen molar-refractivity contribution in [2.45, 2.75) is 11.8 Å². The van der Waals surface area contributed by atoms with E-state index < -0.39 is 22.5 Å². The molecule has 0 aliphatic heterocycles. The van der Waals surface area contributed by atoms with Crippen molar-refractivity contribution in [2.75, 3.05) is 17.5 Å². The molecule has 36 heavy (non-hydrogen) atoms. The van der Waals surface area contributed by atoms with Crippen LogP contribution in [0.15, 0.2) is 87.9 Å². The number of hydrogen-bond acceptors (Lipinski definition) is 6. The Labute approximate surface area is 213 Å². The number of benzene rings is 3. The number of fused-ring (bicyclic) bond motifs is 1. The number of carbonyl (C=O) groups excluding carboxylic acids is 1. The molecule has 0 aliphatic carbocycles. The number of halogens is 1. The largest absolute Gasteiger partial charge is 0.493 e. The third-order valence-electron chi connectivity index (χ3n) is 5.43. The molecule has 1 N–H and O–H groups in total. The number of nitrogens with zero attached hydrogens (tertiary/aromatic N) is 4. The Morgan fingerprint density at radius 1 is 1.06 bits per heavy atom. The highest BCUT2D eigenvalue weighted by Crippen LogP contribution is 2.38. The molecule has 0 saturated carbocycles. The smallest absolute Gasteiger partial charge is 0.285 e. The Hall–Kier alpha value is -3.89. The molecule has 0 bridgehead atoms. The molecule has 4 aromatic rings. The van der Waals surface area contributed by atoms with Crippen molar-refractivity contribution >= 4 is 49.8 Å². The van der Waals surface area contributed by atoms with Crippen LogP contribution in [-0.2, 0) is 21.9 Å². The minimum absolute atomic E-state index is 0.0605. The van der Waals surface area contributed by atoms with Gasteiger partial charge in [0.15, 0.2) is 5.69 Å². The molecule has 1 amide bonds. The van der Waals surface area contributed by atoms with E-state index in [1.54, 1.807) is 56.4 Å². The normalized spacial score (nSPS) is 11.8. The van der Waals surface area contributed by atoms with E-state index in [1.807, 2.05) is 6.07 Å². The summed E-state index contributed by atoms with van der Waals surface area (Å²) in [5, 5.41) is 19.1. The summed E-state index contributed by atoms with van der Waals surface area (Å²) < 4.78 is 35.3. The predicted molar refractivity (Wildman–Crippen MR) is 138 cm³/mol. The second-order valence-corrected chi connectivity index (χ2v) is 10.0. The summed E-state index contributed by atoms with van der Waals surface area (Å²) in [4.78, 5) is 12.9. The average molecular weight is 527 g/mol. The fraction of sp³-hybridized carbons (Fsp3) is 0.160. The monoisotopic (exact) mass is 526 g/mol. The van der Waals surface area contributed by atoms with Crippen LogP contribution < -0.4 is 9.04 Å². The zero-order valence-corrected chi connectivity index (χ0v) is 21.1. The lowest BCUT2D eigenvalue weighted by Gasteiger charge is -2.25. The highest BCUT2D eigenvalue weighted by Gasteiger charge is 2.29. The number of azo groups is 1. The van der Waals surface area contributed by atoms with Gasteiger partial charge < -0.3 is 14.4 Å². The molecule has 0 aliphatic rings. The molecule has 186 valence electrons. The van der Waals surface area contributed by atoms with Crippen LogP contribution in [0, 0.1) is 0 Å². The second-order valence-electron chi connectivity index (χ2n) is 7.71. The summed E-state index contributed by atoms with van der Waals surface area (Å²) in [5.74, 6) is -0.722. The summed E-state index contributed by atoms with van der Waals surface area (Å²) in [6, 6.07) is 19.2. The molecule has 0 saturated heterocycles. The highest BCUT2D eigenvalue weighted by atomic mass is 35.5. The molecular weight excluding hydrogens is 504 g/mol. The fourth-order valence-electron chi connectivity index (χ4n) is 3.69. The van der Waals surface area contributed by atoms with Gasteiger partial charge >= 0.3 is 0 Å². The van der Waals surface area contributed by atoms with Crippen molar-refractivity contribution in [3.05, 3.63) is 77.8 Å². The number of carbonyl (C=O) groups is 1. The maximum atomic E-state index is 13.6. The lowest BCUT2D eigenvalue weighted by atomic mass is 10.2. The molecule has 4 rings (SSSR count). The number of aromatic hydroxyl groups is 1. The number of ether oxygens (including phenoxy) is 1. The molecule has 3 aromatic carbocycles. The van der Waals surface area contributed by atoms with Gasteiger partial charge in [-0.25, -0.2) is 8.42 Å². The van der Waals surface area contributed by atoms with Crippen LogP contribution in [0.3, 0.4) is 0 Å². The van der Waals surface area contributed by atoms with Crippen LogP contribution >= 0.6 is 11.6 Å². The number of rotatable bonds is 8. The van der Waals surface area contributed by atoms with Gasteiger partial charge in [-0.2, -0.15) is 0 Å². The van der Waals surface area contributed by atoms with Crippen molar-refractivity contribution in [3.8, 4) is 11.6 Å². The molecule has 0 radical (unpaired) electrons. The van der Waals surface area contributed by atoms with Gasteiger partial charge in [-0.3, -0.25) is 9.10 Å².